The highest BCUT2D eigenvalue weighted by Gasteiger charge is 2.13. The number of rotatable bonds is 3. The normalized spacial score (nSPS) is 12.5. The van der Waals surface area contributed by atoms with Gasteiger partial charge in [0, 0.05) is 23.9 Å². The van der Waals surface area contributed by atoms with Crippen LogP contribution >= 0.6 is 0 Å². The first-order valence-electron chi connectivity index (χ1n) is 5.15. The van der Waals surface area contributed by atoms with Crippen LogP contribution in [-0.4, -0.2) is 25.8 Å². The van der Waals surface area contributed by atoms with Crippen LogP contribution in [0.15, 0.2) is 30.4 Å². The molecule has 1 aliphatic heterocycles. The van der Waals surface area contributed by atoms with Crippen LogP contribution in [-0.2, 0) is 14.3 Å². The zero-order valence-corrected chi connectivity index (χ0v) is 9.64. The van der Waals surface area contributed by atoms with E-state index in [2.05, 4.69) is 10.1 Å². The van der Waals surface area contributed by atoms with E-state index in [-0.39, 0.29) is 6.79 Å². The number of amides is 1. The van der Waals surface area contributed by atoms with Crippen LogP contribution < -0.4 is 14.8 Å². The third-order valence-electron chi connectivity index (χ3n) is 2.21. The Morgan fingerprint density at radius 1 is 1.28 bits per heavy atom. The second-order valence-corrected chi connectivity index (χ2v) is 3.41. The number of hydrogen-bond acceptors (Lipinski definition) is 5. The molecule has 18 heavy (non-hydrogen) atoms. The topological polar surface area (TPSA) is 73.9 Å². The minimum atomic E-state index is -0.587. The summed E-state index contributed by atoms with van der Waals surface area (Å²) in [5.41, 5.74) is 0.554. The highest BCUT2D eigenvalue weighted by Crippen LogP contribution is 2.34. The first kappa shape index (κ1) is 12.0. The van der Waals surface area contributed by atoms with Crippen LogP contribution in [0, 0.1) is 0 Å². The van der Waals surface area contributed by atoms with Crippen molar-refractivity contribution in [3.05, 3.63) is 30.4 Å². The molecule has 1 aliphatic rings. The van der Waals surface area contributed by atoms with E-state index in [4.69, 9.17) is 9.47 Å². The molecule has 0 unspecified atom stereocenters. The molecule has 6 heteroatoms. The van der Waals surface area contributed by atoms with Gasteiger partial charge in [-0.25, -0.2) is 4.79 Å². The molecule has 1 amide bonds. The van der Waals surface area contributed by atoms with Crippen LogP contribution in [0.2, 0.25) is 0 Å². The van der Waals surface area contributed by atoms with Gasteiger partial charge in [0.25, 0.3) is 0 Å². The van der Waals surface area contributed by atoms with Gasteiger partial charge >= 0.3 is 5.97 Å². The van der Waals surface area contributed by atoms with Crippen LogP contribution in [0.4, 0.5) is 5.69 Å². The van der Waals surface area contributed by atoms with Crippen LogP contribution in [0.1, 0.15) is 0 Å². The Morgan fingerprint density at radius 3 is 2.83 bits per heavy atom. The van der Waals surface area contributed by atoms with Crippen molar-refractivity contribution in [1.29, 1.82) is 0 Å². The summed E-state index contributed by atoms with van der Waals surface area (Å²) in [5.74, 6) is 0.193. The molecule has 0 aromatic heterocycles. The van der Waals surface area contributed by atoms with E-state index in [0.717, 1.165) is 12.2 Å². The molecule has 2 rings (SSSR count). The molecular formula is C12H11NO5. The van der Waals surface area contributed by atoms with E-state index in [9.17, 15) is 9.59 Å². The smallest absolute Gasteiger partial charge is 0.330 e. The summed E-state index contributed by atoms with van der Waals surface area (Å²) >= 11 is 0. The van der Waals surface area contributed by atoms with Gasteiger partial charge in [0.2, 0.25) is 12.7 Å². The Bertz CT molecular complexity index is 509. The van der Waals surface area contributed by atoms with Gasteiger partial charge in [0.1, 0.15) is 0 Å². The van der Waals surface area contributed by atoms with Gasteiger partial charge in [0.15, 0.2) is 11.5 Å². The quantitative estimate of drug-likeness (QED) is 0.641. The van der Waals surface area contributed by atoms with Gasteiger partial charge < -0.3 is 19.5 Å². The lowest BCUT2D eigenvalue weighted by Crippen LogP contribution is -2.08. The third kappa shape index (κ3) is 2.79. The molecule has 94 valence electrons. The number of carbonyl (C=O) groups excluding carboxylic acids is 2. The molecule has 1 aromatic carbocycles. The van der Waals surface area contributed by atoms with Crippen molar-refractivity contribution in [2.45, 2.75) is 0 Å². The molecule has 0 fully saturated rings. The first-order valence-corrected chi connectivity index (χ1v) is 5.15. The molecule has 0 saturated heterocycles. The van der Waals surface area contributed by atoms with Crippen molar-refractivity contribution in [3.63, 3.8) is 0 Å². The average molecular weight is 249 g/mol. The fraction of sp³-hybridized carbons (Fsp3) is 0.167. The van der Waals surface area contributed by atoms with Crippen molar-refractivity contribution < 1.29 is 23.8 Å². The molecule has 6 nitrogen and oxygen atoms in total. The van der Waals surface area contributed by atoms with Crippen molar-refractivity contribution in [3.8, 4) is 11.5 Å². The zero-order chi connectivity index (χ0) is 13.0. The Labute approximate surface area is 103 Å². The van der Waals surface area contributed by atoms with Crippen molar-refractivity contribution in [2.75, 3.05) is 19.2 Å². The molecular weight excluding hydrogens is 238 g/mol. The van der Waals surface area contributed by atoms with Crippen molar-refractivity contribution in [1.82, 2.24) is 0 Å². The predicted molar refractivity (Wildman–Crippen MR) is 62.4 cm³/mol. The molecule has 0 atom stereocenters. The Balaban J connectivity index is 1.99. The maximum Gasteiger partial charge on any atom is 0.330 e. The second-order valence-electron chi connectivity index (χ2n) is 3.41. The molecule has 0 spiro atoms. The van der Waals surface area contributed by atoms with Gasteiger partial charge in [-0.1, -0.05) is 0 Å². The summed E-state index contributed by atoms with van der Waals surface area (Å²) in [5, 5.41) is 2.58. The van der Waals surface area contributed by atoms with E-state index < -0.39 is 11.9 Å². The van der Waals surface area contributed by atoms with E-state index in [0.29, 0.717) is 17.2 Å². The molecule has 0 saturated carbocycles. The number of nitrogens with one attached hydrogen (secondary N) is 1. The van der Waals surface area contributed by atoms with Crippen molar-refractivity contribution in [2.24, 2.45) is 0 Å². The monoisotopic (exact) mass is 249 g/mol. The molecule has 0 aliphatic carbocycles. The summed E-state index contributed by atoms with van der Waals surface area (Å²) in [7, 11) is 1.24. The fourth-order valence-corrected chi connectivity index (χ4v) is 1.37. The number of benzene rings is 1. The number of esters is 1. The minimum absolute atomic E-state index is 0.176. The fourth-order valence-electron chi connectivity index (χ4n) is 1.37. The average Bonchev–Trinajstić information content (AvgIpc) is 2.83. The van der Waals surface area contributed by atoms with Crippen LogP contribution in [0.25, 0.3) is 0 Å². The lowest BCUT2D eigenvalue weighted by molar-refractivity contribution is -0.135. The van der Waals surface area contributed by atoms with Gasteiger partial charge in [-0.15, -0.1) is 0 Å². The second kappa shape index (κ2) is 5.22. The number of carbonyl (C=O) groups is 2. The van der Waals surface area contributed by atoms with Gasteiger partial charge in [-0.3, -0.25) is 4.79 Å². The molecule has 1 N–H and O–H groups in total. The van der Waals surface area contributed by atoms with Gasteiger partial charge in [-0.2, -0.15) is 0 Å². The van der Waals surface area contributed by atoms with Crippen LogP contribution in [0.3, 0.4) is 0 Å². The van der Waals surface area contributed by atoms with Crippen LogP contribution in [0.5, 0.6) is 11.5 Å². The maximum absolute atomic E-state index is 11.5. The Kier molecular flexibility index (Phi) is 3.47. The number of methoxy groups -OCH3 is 1. The highest BCUT2D eigenvalue weighted by molar-refractivity contribution is 6.02. The van der Waals surface area contributed by atoms with Gasteiger partial charge in [-0.05, 0) is 12.1 Å². The number of ether oxygens (including phenoxy) is 3. The predicted octanol–water partition coefficient (Wildman–Crippen LogP) is 1.08. The summed E-state index contributed by atoms with van der Waals surface area (Å²) in [6, 6.07) is 5.02. The third-order valence-corrected chi connectivity index (χ3v) is 2.21. The summed E-state index contributed by atoms with van der Waals surface area (Å²) in [6.45, 7) is 0.176. The summed E-state index contributed by atoms with van der Waals surface area (Å²) in [6.07, 6.45) is 2.14. The minimum Gasteiger partial charge on any atom is -0.466 e. The lowest BCUT2D eigenvalue weighted by atomic mass is 10.2. The molecule has 0 radical (unpaired) electrons. The molecule has 0 bridgehead atoms. The van der Waals surface area contributed by atoms with Gasteiger partial charge in [0.05, 0.1) is 7.11 Å². The number of anilines is 1. The largest absolute Gasteiger partial charge is 0.466 e. The first-order chi connectivity index (χ1) is 8.69. The highest BCUT2D eigenvalue weighted by atomic mass is 16.7. The van der Waals surface area contributed by atoms with E-state index in [1.165, 1.54) is 7.11 Å². The SMILES string of the molecule is COC(=O)C=CC(=O)Nc1ccc2c(c1)OCO2. The molecule has 1 aromatic rings. The van der Waals surface area contributed by atoms with E-state index >= 15 is 0 Å². The van der Waals surface area contributed by atoms with E-state index in [1.54, 1.807) is 18.2 Å². The number of hydrogen-bond donors (Lipinski definition) is 1. The summed E-state index contributed by atoms with van der Waals surface area (Å²) < 4.78 is 14.7. The Morgan fingerprint density at radius 2 is 2.06 bits per heavy atom. The lowest BCUT2D eigenvalue weighted by Gasteiger charge is -2.03. The van der Waals surface area contributed by atoms with Crippen molar-refractivity contribution >= 4 is 17.6 Å². The summed E-state index contributed by atoms with van der Waals surface area (Å²) in [4.78, 5) is 22.3. The standard InChI is InChI=1S/C12H11NO5/c1-16-12(15)5-4-11(14)13-8-2-3-9-10(6-8)18-7-17-9/h2-6H,7H2,1H3,(H,13,14). The number of fused-ring (bicyclic) bond motifs is 1. The molecule has 1 heterocycles. The Hall–Kier alpha value is -2.50. The zero-order valence-electron chi connectivity index (χ0n) is 9.64. The van der Waals surface area contributed by atoms with E-state index in [1.807, 2.05) is 0 Å². The maximum atomic E-state index is 11.5.